The lowest BCUT2D eigenvalue weighted by Crippen LogP contribution is -2.46. The molecule has 0 aliphatic carbocycles. The standard InChI is InChI=1S/C13H16N2O/c1-13(16)7-4-8-15(10-13)12-6-3-2-5-11(12)9-14/h2-3,5-6,16H,4,7-8,10H2,1H3. The van der Waals surface area contributed by atoms with Gasteiger partial charge in [-0.1, -0.05) is 12.1 Å². The van der Waals surface area contributed by atoms with Crippen LogP contribution in [0.15, 0.2) is 24.3 Å². The lowest BCUT2D eigenvalue weighted by molar-refractivity contribution is 0.0449. The van der Waals surface area contributed by atoms with Gasteiger partial charge in [-0.05, 0) is 31.9 Å². The maximum atomic E-state index is 10.0. The van der Waals surface area contributed by atoms with Crippen molar-refractivity contribution in [2.45, 2.75) is 25.4 Å². The molecule has 1 fully saturated rings. The highest BCUT2D eigenvalue weighted by atomic mass is 16.3. The zero-order valence-electron chi connectivity index (χ0n) is 9.48. The summed E-state index contributed by atoms with van der Waals surface area (Å²) in [5.41, 5.74) is 0.978. The quantitative estimate of drug-likeness (QED) is 0.780. The van der Waals surface area contributed by atoms with Crippen molar-refractivity contribution in [1.29, 1.82) is 5.26 Å². The van der Waals surface area contributed by atoms with Crippen LogP contribution in [0.1, 0.15) is 25.3 Å². The highest BCUT2D eigenvalue weighted by Crippen LogP contribution is 2.27. The summed E-state index contributed by atoms with van der Waals surface area (Å²) >= 11 is 0. The van der Waals surface area contributed by atoms with Crippen LogP contribution in [0.25, 0.3) is 0 Å². The number of benzene rings is 1. The highest BCUT2D eigenvalue weighted by molar-refractivity contribution is 5.59. The van der Waals surface area contributed by atoms with Crippen LogP contribution in [0.3, 0.4) is 0 Å². The number of hydrogen-bond donors (Lipinski definition) is 1. The summed E-state index contributed by atoms with van der Waals surface area (Å²) in [6, 6.07) is 9.75. The molecule has 1 heterocycles. The van der Waals surface area contributed by atoms with Gasteiger partial charge < -0.3 is 10.0 Å². The molecule has 1 aliphatic heterocycles. The van der Waals surface area contributed by atoms with Crippen molar-refractivity contribution in [2.24, 2.45) is 0 Å². The number of hydrogen-bond acceptors (Lipinski definition) is 3. The molecule has 1 aromatic rings. The first kappa shape index (κ1) is 11.0. The monoisotopic (exact) mass is 216 g/mol. The molecule has 1 saturated heterocycles. The molecule has 0 spiro atoms. The third-order valence-electron chi connectivity index (χ3n) is 3.04. The zero-order valence-corrected chi connectivity index (χ0v) is 9.48. The molecule has 1 unspecified atom stereocenters. The summed E-state index contributed by atoms with van der Waals surface area (Å²) in [6.45, 7) is 3.37. The summed E-state index contributed by atoms with van der Waals surface area (Å²) in [5, 5.41) is 19.1. The number of piperidine rings is 1. The van der Waals surface area contributed by atoms with Gasteiger partial charge in [0.2, 0.25) is 0 Å². The summed E-state index contributed by atoms with van der Waals surface area (Å²) in [4.78, 5) is 2.10. The number of β-amino-alcohol motifs (C(OH)–C–C–N with tert-alkyl or cyclic N) is 1. The van der Waals surface area contributed by atoms with Crippen LogP contribution in [0.2, 0.25) is 0 Å². The molecule has 0 saturated carbocycles. The van der Waals surface area contributed by atoms with E-state index >= 15 is 0 Å². The van der Waals surface area contributed by atoms with E-state index in [9.17, 15) is 5.11 Å². The smallest absolute Gasteiger partial charge is 0.101 e. The third kappa shape index (κ3) is 2.17. The summed E-state index contributed by atoms with van der Waals surface area (Å²) < 4.78 is 0. The summed E-state index contributed by atoms with van der Waals surface area (Å²) in [6.07, 6.45) is 1.80. The number of anilines is 1. The Hall–Kier alpha value is -1.53. The van der Waals surface area contributed by atoms with Gasteiger partial charge in [0, 0.05) is 13.1 Å². The van der Waals surface area contributed by atoms with Crippen LogP contribution >= 0.6 is 0 Å². The van der Waals surface area contributed by atoms with Crippen LogP contribution in [0.5, 0.6) is 0 Å². The van der Waals surface area contributed by atoms with E-state index < -0.39 is 5.60 Å². The predicted molar refractivity (Wildman–Crippen MR) is 63.2 cm³/mol. The summed E-state index contributed by atoms with van der Waals surface area (Å²) in [7, 11) is 0. The Balaban J connectivity index is 2.27. The van der Waals surface area contributed by atoms with Crippen LogP contribution in [0, 0.1) is 11.3 Å². The van der Waals surface area contributed by atoms with E-state index in [0.29, 0.717) is 12.1 Å². The third-order valence-corrected chi connectivity index (χ3v) is 3.04. The molecule has 1 aliphatic rings. The minimum absolute atomic E-state index is 0.603. The molecule has 0 radical (unpaired) electrons. The number of nitrogens with zero attached hydrogens (tertiary/aromatic N) is 2. The molecule has 3 nitrogen and oxygen atoms in total. The predicted octanol–water partition coefficient (Wildman–Crippen LogP) is 1.91. The minimum Gasteiger partial charge on any atom is -0.388 e. The van der Waals surface area contributed by atoms with Gasteiger partial charge in [0.1, 0.15) is 6.07 Å². The molecule has 2 rings (SSSR count). The van der Waals surface area contributed by atoms with Gasteiger partial charge in [-0.15, -0.1) is 0 Å². The first-order chi connectivity index (χ1) is 7.62. The second kappa shape index (κ2) is 4.15. The normalized spacial score (nSPS) is 25.2. The van der Waals surface area contributed by atoms with Crippen molar-refractivity contribution in [3.8, 4) is 6.07 Å². The van der Waals surface area contributed by atoms with Crippen molar-refractivity contribution in [1.82, 2.24) is 0 Å². The van der Waals surface area contributed by atoms with E-state index in [2.05, 4.69) is 11.0 Å². The van der Waals surface area contributed by atoms with E-state index in [1.54, 1.807) is 0 Å². The van der Waals surface area contributed by atoms with Crippen molar-refractivity contribution < 1.29 is 5.11 Å². The zero-order chi connectivity index (χ0) is 11.6. The molecule has 0 aromatic heterocycles. The Morgan fingerprint density at radius 2 is 2.19 bits per heavy atom. The fourth-order valence-corrected chi connectivity index (χ4v) is 2.27. The largest absolute Gasteiger partial charge is 0.388 e. The molecule has 84 valence electrons. The van der Waals surface area contributed by atoms with Gasteiger partial charge in [0.05, 0.1) is 16.9 Å². The SMILES string of the molecule is CC1(O)CCCN(c2ccccc2C#N)C1. The van der Waals surface area contributed by atoms with E-state index in [1.165, 1.54) is 0 Å². The second-order valence-electron chi connectivity index (χ2n) is 4.65. The number of para-hydroxylation sites is 1. The van der Waals surface area contributed by atoms with Gasteiger partial charge in [-0.25, -0.2) is 0 Å². The maximum absolute atomic E-state index is 10.0. The Morgan fingerprint density at radius 3 is 2.88 bits per heavy atom. The van der Waals surface area contributed by atoms with Crippen LogP contribution in [0.4, 0.5) is 5.69 Å². The van der Waals surface area contributed by atoms with Crippen molar-refractivity contribution in [3.63, 3.8) is 0 Å². The van der Waals surface area contributed by atoms with Crippen LogP contribution in [-0.4, -0.2) is 23.8 Å². The molecule has 16 heavy (non-hydrogen) atoms. The highest BCUT2D eigenvalue weighted by Gasteiger charge is 2.29. The average Bonchev–Trinajstić information content (AvgIpc) is 2.27. The molecule has 3 heteroatoms. The van der Waals surface area contributed by atoms with Crippen LogP contribution < -0.4 is 4.90 Å². The van der Waals surface area contributed by atoms with Gasteiger partial charge in [-0.2, -0.15) is 5.26 Å². The number of nitriles is 1. The first-order valence-electron chi connectivity index (χ1n) is 5.59. The molecule has 0 amide bonds. The molecule has 1 atom stereocenters. The van der Waals surface area contributed by atoms with E-state index in [4.69, 9.17) is 5.26 Å². The van der Waals surface area contributed by atoms with Gasteiger partial charge in [-0.3, -0.25) is 0 Å². The molecule has 0 bridgehead atoms. The molecule has 1 aromatic carbocycles. The van der Waals surface area contributed by atoms with Gasteiger partial charge >= 0.3 is 0 Å². The Kier molecular flexibility index (Phi) is 2.84. The molecular formula is C13H16N2O. The topological polar surface area (TPSA) is 47.3 Å². The van der Waals surface area contributed by atoms with E-state index in [-0.39, 0.29) is 0 Å². The van der Waals surface area contributed by atoms with Gasteiger partial charge in [0.25, 0.3) is 0 Å². The van der Waals surface area contributed by atoms with Crippen LogP contribution in [-0.2, 0) is 0 Å². The number of rotatable bonds is 1. The fourth-order valence-electron chi connectivity index (χ4n) is 2.27. The van der Waals surface area contributed by atoms with Crippen molar-refractivity contribution in [3.05, 3.63) is 29.8 Å². The van der Waals surface area contributed by atoms with Crippen molar-refractivity contribution >= 4 is 5.69 Å². The Bertz CT molecular complexity index is 420. The minimum atomic E-state index is -0.638. The lowest BCUT2D eigenvalue weighted by Gasteiger charge is -2.38. The van der Waals surface area contributed by atoms with E-state index in [0.717, 1.165) is 25.1 Å². The molecular weight excluding hydrogens is 200 g/mol. The fraction of sp³-hybridized carbons (Fsp3) is 0.462. The average molecular weight is 216 g/mol. The van der Waals surface area contributed by atoms with Gasteiger partial charge in [0.15, 0.2) is 0 Å². The summed E-state index contributed by atoms with van der Waals surface area (Å²) in [5.74, 6) is 0. The second-order valence-corrected chi connectivity index (χ2v) is 4.65. The Morgan fingerprint density at radius 1 is 1.44 bits per heavy atom. The number of aliphatic hydroxyl groups is 1. The maximum Gasteiger partial charge on any atom is 0.101 e. The van der Waals surface area contributed by atoms with Crippen molar-refractivity contribution in [2.75, 3.05) is 18.0 Å². The van der Waals surface area contributed by atoms with E-state index in [1.807, 2.05) is 31.2 Å². The molecule has 1 N–H and O–H groups in total. The Labute approximate surface area is 95.9 Å². The lowest BCUT2D eigenvalue weighted by atomic mass is 9.94. The first-order valence-corrected chi connectivity index (χ1v) is 5.59.